The molecular formula is C16H21BrN2O5S. The van der Waals surface area contributed by atoms with Gasteiger partial charge in [-0.3, -0.25) is 10.0 Å². The van der Waals surface area contributed by atoms with Gasteiger partial charge < -0.3 is 9.57 Å². The summed E-state index contributed by atoms with van der Waals surface area (Å²) in [7, 11) is 1.63. The lowest BCUT2D eigenvalue weighted by atomic mass is 10.1. The van der Waals surface area contributed by atoms with Crippen molar-refractivity contribution in [2.75, 3.05) is 13.7 Å². The number of methoxy groups -OCH3 is 1. The lowest BCUT2D eigenvalue weighted by Gasteiger charge is -2.10. The third-order valence-electron chi connectivity index (χ3n) is 3.47. The largest absolute Gasteiger partial charge is 0.496 e. The van der Waals surface area contributed by atoms with Crippen LogP contribution < -0.4 is 10.2 Å². The molecule has 0 atom stereocenters. The molecule has 0 radical (unpaired) electrons. The predicted molar refractivity (Wildman–Crippen MR) is 98.2 cm³/mol. The second-order valence-electron chi connectivity index (χ2n) is 5.36. The van der Waals surface area contributed by atoms with Gasteiger partial charge in [-0.2, -0.15) is 4.28 Å². The van der Waals surface area contributed by atoms with Crippen molar-refractivity contribution in [2.24, 2.45) is 0 Å². The van der Waals surface area contributed by atoms with E-state index in [1.54, 1.807) is 12.6 Å². The van der Waals surface area contributed by atoms with E-state index in [1.807, 2.05) is 24.3 Å². The summed E-state index contributed by atoms with van der Waals surface area (Å²) in [6.45, 7) is 0.642. The second kappa shape index (κ2) is 10.7. The first-order chi connectivity index (χ1) is 12.1. The van der Waals surface area contributed by atoms with Crippen molar-refractivity contribution >= 4 is 40.0 Å². The number of amides is 1. The number of carbonyl (C=O) groups is 1. The molecule has 1 aliphatic rings. The van der Waals surface area contributed by atoms with Crippen LogP contribution in [0.2, 0.25) is 0 Å². The fourth-order valence-corrected chi connectivity index (χ4v) is 3.30. The van der Waals surface area contributed by atoms with Crippen molar-refractivity contribution in [3.63, 3.8) is 0 Å². The average molecular weight is 433 g/mol. The first-order valence-corrected chi connectivity index (χ1v) is 9.44. The Hall–Kier alpha value is -1.26. The molecular weight excluding hydrogens is 412 g/mol. The number of hydrogen-bond acceptors (Lipinski definition) is 7. The monoisotopic (exact) mass is 432 g/mol. The van der Waals surface area contributed by atoms with Crippen LogP contribution in [0.25, 0.3) is 6.08 Å². The van der Waals surface area contributed by atoms with Gasteiger partial charge in [0.2, 0.25) is 11.0 Å². The van der Waals surface area contributed by atoms with Crippen LogP contribution in [-0.4, -0.2) is 30.0 Å². The minimum Gasteiger partial charge on any atom is -0.496 e. The minimum absolute atomic E-state index is 0.341. The highest BCUT2D eigenvalue weighted by atomic mass is 79.9. The van der Waals surface area contributed by atoms with E-state index in [2.05, 4.69) is 15.9 Å². The maximum atomic E-state index is 10.9. The maximum absolute atomic E-state index is 10.9. The van der Waals surface area contributed by atoms with Gasteiger partial charge in [0.05, 0.1) is 30.2 Å². The number of ether oxygens (including phenoxy) is 1. The van der Waals surface area contributed by atoms with Crippen LogP contribution in [0.15, 0.2) is 27.8 Å². The number of unbranched alkanes of at least 4 members (excludes halogenated alkanes) is 3. The van der Waals surface area contributed by atoms with Crippen molar-refractivity contribution in [1.82, 2.24) is 10.7 Å². The van der Waals surface area contributed by atoms with E-state index in [4.69, 9.17) is 19.1 Å². The number of benzene rings is 1. The summed E-state index contributed by atoms with van der Waals surface area (Å²) < 4.78 is 11.5. The van der Waals surface area contributed by atoms with Gasteiger partial charge >= 0.3 is 0 Å². The maximum Gasteiger partial charge on any atom is 0.243 e. The molecule has 1 aromatic rings. The van der Waals surface area contributed by atoms with Crippen LogP contribution in [-0.2, 0) is 13.9 Å². The van der Waals surface area contributed by atoms with Crippen molar-refractivity contribution in [1.29, 1.82) is 0 Å². The molecule has 9 heteroatoms. The summed E-state index contributed by atoms with van der Waals surface area (Å²) in [5.74, 6) is 0.430. The quantitative estimate of drug-likeness (QED) is 0.263. The number of hydrogen-bond donors (Lipinski definition) is 2. The predicted octanol–water partition coefficient (Wildman–Crippen LogP) is 4.04. The van der Waals surface area contributed by atoms with E-state index in [1.165, 1.54) is 17.3 Å². The highest BCUT2D eigenvalue weighted by Gasteiger charge is 2.20. The van der Waals surface area contributed by atoms with Crippen LogP contribution in [0.4, 0.5) is 0 Å². The number of rotatable bonds is 9. The lowest BCUT2D eigenvalue weighted by Crippen LogP contribution is -2.18. The van der Waals surface area contributed by atoms with Crippen molar-refractivity contribution in [3.8, 4) is 5.75 Å². The topological polar surface area (TPSA) is 80.3 Å². The van der Waals surface area contributed by atoms with Gasteiger partial charge in [-0.1, -0.05) is 18.9 Å². The number of carbonyl (C=O) groups excluding carboxylic acids is 1. The van der Waals surface area contributed by atoms with Crippen molar-refractivity contribution in [2.45, 2.75) is 32.1 Å². The van der Waals surface area contributed by atoms with E-state index in [0.717, 1.165) is 41.5 Å². The van der Waals surface area contributed by atoms with Crippen LogP contribution in [0.1, 0.15) is 37.7 Å². The van der Waals surface area contributed by atoms with Gasteiger partial charge in [-0.05, 0) is 57.8 Å². The SMILES string of the molecule is COc1ccc(/C=C2/ON(CCCCCCC(=O)NO)OS2)cc1Br. The van der Waals surface area contributed by atoms with E-state index < -0.39 is 0 Å². The first-order valence-electron chi connectivity index (χ1n) is 7.90. The minimum atomic E-state index is -0.345. The van der Waals surface area contributed by atoms with Gasteiger partial charge in [0, 0.05) is 6.42 Å². The van der Waals surface area contributed by atoms with Gasteiger partial charge in [0.25, 0.3) is 0 Å². The van der Waals surface area contributed by atoms with Gasteiger partial charge in [-0.15, -0.1) is 0 Å². The van der Waals surface area contributed by atoms with Gasteiger partial charge in [0.1, 0.15) is 5.75 Å². The van der Waals surface area contributed by atoms with E-state index in [-0.39, 0.29) is 5.91 Å². The Morgan fingerprint density at radius 1 is 1.40 bits per heavy atom. The smallest absolute Gasteiger partial charge is 0.243 e. The number of halogens is 1. The molecule has 2 rings (SSSR count). The van der Waals surface area contributed by atoms with Crippen LogP contribution in [0.5, 0.6) is 5.75 Å². The number of hydroxylamine groups is 3. The fraction of sp³-hybridized carbons (Fsp3) is 0.438. The first kappa shape index (κ1) is 20.1. The van der Waals surface area contributed by atoms with Crippen molar-refractivity contribution in [3.05, 3.63) is 33.3 Å². The molecule has 1 heterocycles. The van der Waals surface area contributed by atoms with E-state index in [9.17, 15) is 4.79 Å². The molecule has 1 amide bonds. The molecule has 1 saturated heterocycles. The lowest BCUT2D eigenvalue weighted by molar-refractivity contribution is -0.259. The normalized spacial score (nSPS) is 16.0. The third-order valence-corrected chi connectivity index (χ3v) is 4.69. The molecule has 1 aromatic carbocycles. The Bertz CT molecular complexity index is 614. The molecule has 0 saturated carbocycles. The highest BCUT2D eigenvalue weighted by molar-refractivity contribution is 9.10. The second-order valence-corrected chi connectivity index (χ2v) is 6.93. The number of nitrogens with one attached hydrogen (secondary N) is 1. The summed E-state index contributed by atoms with van der Waals surface area (Å²) >= 11 is 4.63. The average Bonchev–Trinajstić information content (AvgIpc) is 3.05. The molecule has 0 bridgehead atoms. The highest BCUT2D eigenvalue weighted by Crippen LogP contribution is 2.33. The Labute approximate surface area is 159 Å². The Balaban J connectivity index is 1.69. The fourth-order valence-electron chi connectivity index (χ4n) is 2.19. The van der Waals surface area contributed by atoms with Crippen LogP contribution in [0, 0.1) is 0 Å². The Morgan fingerprint density at radius 2 is 2.20 bits per heavy atom. The molecule has 0 unspecified atom stereocenters. The Kier molecular flexibility index (Phi) is 8.56. The summed E-state index contributed by atoms with van der Waals surface area (Å²) in [6.07, 6.45) is 5.74. The molecule has 2 N–H and O–H groups in total. The van der Waals surface area contributed by atoms with Crippen molar-refractivity contribution < 1.29 is 23.9 Å². The molecule has 1 aliphatic heterocycles. The van der Waals surface area contributed by atoms with E-state index >= 15 is 0 Å². The van der Waals surface area contributed by atoms with Crippen LogP contribution in [0.3, 0.4) is 0 Å². The molecule has 0 aromatic heterocycles. The summed E-state index contributed by atoms with van der Waals surface area (Å²) in [5.41, 5.74) is 2.60. The van der Waals surface area contributed by atoms with Gasteiger partial charge in [-0.25, -0.2) is 5.48 Å². The molecule has 7 nitrogen and oxygen atoms in total. The summed E-state index contributed by atoms with van der Waals surface area (Å²) in [5, 5.41) is 10.5. The van der Waals surface area contributed by atoms with E-state index in [0.29, 0.717) is 18.1 Å². The third kappa shape index (κ3) is 6.87. The zero-order valence-electron chi connectivity index (χ0n) is 13.9. The van der Waals surface area contributed by atoms with Gasteiger partial charge in [0.15, 0.2) is 0 Å². The molecule has 0 aliphatic carbocycles. The molecule has 25 heavy (non-hydrogen) atoms. The number of nitrogens with zero attached hydrogens (tertiary/aromatic N) is 1. The molecule has 138 valence electrons. The Morgan fingerprint density at radius 3 is 2.92 bits per heavy atom. The zero-order chi connectivity index (χ0) is 18.1. The molecule has 1 fully saturated rings. The standard InChI is InChI=1S/C16H21BrN2O5S/c1-22-14-8-7-12(10-13(14)17)11-16-23-19(24-25-16)9-5-3-2-4-6-15(20)18-21/h7-8,10-11,21H,2-6,9H2,1H3,(H,18,20)/b16-11-. The summed E-state index contributed by atoms with van der Waals surface area (Å²) in [4.78, 5) is 16.5. The summed E-state index contributed by atoms with van der Waals surface area (Å²) in [6, 6.07) is 5.76. The van der Waals surface area contributed by atoms with Crippen LogP contribution >= 0.6 is 28.0 Å². The molecule has 0 spiro atoms. The zero-order valence-corrected chi connectivity index (χ0v) is 16.3.